The third-order valence-corrected chi connectivity index (χ3v) is 5.80. The first-order chi connectivity index (χ1) is 11.1. The van der Waals surface area contributed by atoms with Gasteiger partial charge in [-0.2, -0.15) is 0 Å². The molecule has 4 rings (SSSR count). The van der Waals surface area contributed by atoms with Crippen LogP contribution in [0.25, 0.3) is 0 Å². The van der Waals surface area contributed by atoms with E-state index in [1.807, 2.05) is 6.07 Å². The fraction of sp³-hybridized carbons (Fsp3) is 0.471. The normalized spacial score (nSPS) is 20.6. The first kappa shape index (κ1) is 15.8. The third-order valence-electron chi connectivity index (χ3n) is 4.70. The van der Waals surface area contributed by atoms with Gasteiger partial charge in [-0.25, -0.2) is 9.37 Å². The van der Waals surface area contributed by atoms with Gasteiger partial charge < -0.3 is 9.88 Å². The molecule has 1 unspecified atom stereocenters. The average molecular weight is 446 g/mol. The summed E-state index contributed by atoms with van der Waals surface area (Å²) >= 11 is 8.11. The number of hydrogen-bond acceptors (Lipinski definition) is 2. The molecule has 1 N–H and O–H groups in total. The second-order valence-electron chi connectivity index (χ2n) is 6.37. The van der Waals surface area contributed by atoms with E-state index < -0.39 is 0 Å². The molecule has 0 spiro atoms. The molecule has 1 atom stereocenters. The van der Waals surface area contributed by atoms with Gasteiger partial charge >= 0.3 is 0 Å². The summed E-state index contributed by atoms with van der Waals surface area (Å²) in [5, 5.41) is 3.79. The summed E-state index contributed by atoms with van der Waals surface area (Å²) in [7, 11) is 0. The van der Waals surface area contributed by atoms with Crippen molar-refractivity contribution in [3.63, 3.8) is 0 Å². The van der Waals surface area contributed by atoms with Crippen molar-refractivity contribution in [1.29, 1.82) is 0 Å². The molecule has 1 aliphatic carbocycles. The van der Waals surface area contributed by atoms with E-state index in [1.54, 1.807) is 12.1 Å². The predicted octanol–water partition coefficient (Wildman–Crippen LogP) is 4.43. The number of aryl methyl sites for hydroxylation is 1. The summed E-state index contributed by atoms with van der Waals surface area (Å²) < 4.78 is 17.1. The molecule has 23 heavy (non-hydrogen) atoms. The number of nitrogens with one attached hydrogen (secondary N) is 1. The smallest absolute Gasteiger partial charge is 0.142 e. The molecule has 2 aromatic rings. The fourth-order valence-corrected chi connectivity index (χ4v) is 4.40. The number of nitrogens with zero attached hydrogens (tertiary/aromatic N) is 2. The lowest BCUT2D eigenvalue weighted by molar-refractivity contribution is 0.398. The second kappa shape index (κ2) is 6.33. The standard InChI is InChI=1S/C17H18ClFIN3/c18-12-5-1-10(9-13(12)19)2-6-14-15-16(20)22-17(11-3-4-11)23(15)8-7-21-14/h1,5,9,11,14,21H,2-4,6-8H2. The molecular formula is C17H18ClFIN3. The molecule has 3 nitrogen and oxygen atoms in total. The fourth-order valence-electron chi connectivity index (χ4n) is 3.37. The van der Waals surface area contributed by atoms with Crippen LogP contribution >= 0.6 is 34.2 Å². The first-order valence-corrected chi connectivity index (χ1v) is 9.52. The Morgan fingerprint density at radius 3 is 2.96 bits per heavy atom. The molecular weight excluding hydrogens is 428 g/mol. The molecule has 0 radical (unpaired) electrons. The lowest BCUT2D eigenvalue weighted by atomic mass is 10.0. The highest BCUT2D eigenvalue weighted by molar-refractivity contribution is 14.1. The van der Waals surface area contributed by atoms with Crippen LogP contribution < -0.4 is 5.32 Å². The van der Waals surface area contributed by atoms with Crippen molar-refractivity contribution >= 4 is 34.2 Å². The first-order valence-electron chi connectivity index (χ1n) is 8.06. The lowest BCUT2D eigenvalue weighted by Crippen LogP contribution is -2.34. The summed E-state index contributed by atoms with van der Waals surface area (Å²) in [6, 6.07) is 5.38. The maximum Gasteiger partial charge on any atom is 0.142 e. The number of aromatic nitrogens is 2. The van der Waals surface area contributed by atoms with Gasteiger partial charge in [0.2, 0.25) is 0 Å². The minimum absolute atomic E-state index is 0.186. The summed E-state index contributed by atoms with van der Waals surface area (Å²) in [5.74, 6) is 1.60. The number of hydrogen-bond donors (Lipinski definition) is 1. The van der Waals surface area contributed by atoms with Gasteiger partial charge in [0.1, 0.15) is 15.3 Å². The van der Waals surface area contributed by atoms with E-state index in [1.165, 1.54) is 24.4 Å². The van der Waals surface area contributed by atoms with E-state index in [4.69, 9.17) is 16.6 Å². The molecule has 2 aliphatic rings. The van der Waals surface area contributed by atoms with E-state index in [-0.39, 0.29) is 16.9 Å². The van der Waals surface area contributed by atoms with Crippen LogP contribution in [0.5, 0.6) is 0 Å². The summed E-state index contributed by atoms with van der Waals surface area (Å²) in [6.07, 6.45) is 4.31. The van der Waals surface area contributed by atoms with Crippen molar-refractivity contribution in [2.24, 2.45) is 0 Å². The van der Waals surface area contributed by atoms with E-state index in [9.17, 15) is 4.39 Å². The van der Waals surface area contributed by atoms with Gasteiger partial charge in [0, 0.05) is 19.0 Å². The van der Waals surface area contributed by atoms with Crippen molar-refractivity contribution in [2.45, 2.75) is 44.2 Å². The molecule has 1 fully saturated rings. The van der Waals surface area contributed by atoms with Crippen LogP contribution in [0.4, 0.5) is 4.39 Å². The van der Waals surface area contributed by atoms with Gasteiger partial charge in [0.15, 0.2) is 0 Å². The molecule has 0 bridgehead atoms. The Kier molecular flexibility index (Phi) is 4.36. The van der Waals surface area contributed by atoms with Gasteiger partial charge in [0.05, 0.1) is 16.8 Å². The van der Waals surface area contributed by atoms with Crippen LogP contribution in [-0.2, 0) is 13.0 Å². The van der Waals surface area contributed by atoms with Crippen molar-refractivity contribution in [3.8, 4) is 0 Å². The number of benzene rings is 1. The highest BCUT2D eigenvalue weighted by atomic mass is 127. The zero-order chi connectivity index (χ0) is 16.0. The molecule has 1 aliphatic heterocycles. The number of fused-ring (bicyclic) bond motifs is 1. The summed E-state index contributed by atoms with van der Waals surface area (Å²) in [4.78, 5) is 4.82. The van der Waals surface area contributed by atoms with Gasteiger partial charge in [-0.15, -0.1) is 0 Å². The Labute approximate surface area is 153 Å². The Balaban J connectivity index is 1.53. The van der Waals surface area contributed by atoms with Gasteiger partial charge in [-0.3, -0.25) is 0 Å². The number of halogens is 3. The predicted molar refractivity (Wildman–Crippen MR) is 97.4 cm³/mol. The van der Waals surface area contributed by atoms with Crippen LogP contribution in [-0.4, -0.2) is 16.1 Å². The summed E-state index contributed by atoms with van der Waals surface area (Å²) in [6.45, 7) is 1.97. The second-order valence-corrected chi connectivity index (χ2v) is 7.79. The van der Waals surface area contributed by atoms with E-state index in [2.05, 4.69) is 32.5 Å². The Hall–Kier alpha value is -0.660. The van der Waals surface area contributed by atoms with E-state index >= 15 is 0 Å². The maximum absolute atomic E-state index is 13.6. The summed E-state index contributed by atoms with van der Waals surface area (Å²) in [5.41, 5.74) is 2.30. The monoisotopic (exact) mass is 445 g/mol. The van der Waals surface area contributed by atoms with Crippen molar-refractivity contribution in [3.05, 3.63) is 49.8 Å². The third kappa shape index (κ3) is 3.15. The SMILES string of the molecule is Fc1cc(CCC2NCCn3c(C4CC4)nc(I)c32)ccc1Cl. The number of rotatable bonds is 4. The zero-order valence-corrected chi connectivity index (χ0v) is 15.6. The quantitative estimate of drug-likeness (QED) is 0.706. The van der Waals surface area contributed by atoms with E-state index in [0.717, 1.165) is 35.2 Å². The van der Waals surface area contributed by atoms with Crippen molar-refractivity contribution in [1.82, 2.24) is 14.9 Å². The zero-order valence-electron chi connectivity index (χ0n) is 12.7. The Bertz CT molecular complexity index is 742. The van der Waals surface area contributed by atoms with Crippen LogP contribution in [0, 0.1) is 9.52 Å². The number of imidazole rings is 1. The topological polar surface area (TPSA) is 29.9 Å². The van der Waals surface area contributed by atoms with Gasteiger partial charge in [-0.1, -0.05) is 17.7 Å². The van der Waals surface area contributed by atoms with Crippen LogP contribution in [0.15, 0.2) is 18.2 Å². The molecule has 0 saturated heterocycles. The molecule has 0 amide bonds. The van der Waals surface area contributed by atoms with Gasteiger partial charge in [0.25, 0.3) is 0 Å². The van der Waals surface area contributed by atoms with Crippen molar-refractivity contribution < 1.29 is 4.39 Å². The highest BCUT2D eigenvalue weighted by Gasteiger charge is 2.34. The van der Waals surface area contributed by atoms with Crippen LogP contribution in [0.3, 0.4) is 0 Å². The average Bonchev–Trinajstić information content (AvgIpc) is 3.33. The highest BCUT2D eigenvalue weighted by Crippen LogP contribution is 2.42. The Morgan fingerprint density at radius 2 is 2.22 bits per heavy atom. The molecule has 6 heteroatoms. The maximum atomic E-state index is 13.6. The minimum Gasteiger partial charge on any atom is -0.328 e. The van der Waals surface area contributed by atoms with Crippen molar-refractivity contribution in [2.75, 3.05) is 6.54 Å². The van der Waals surface area contributed by atoms with E-state index in [0.29, 0.717) is 5.92 Å². The minimum atomic E-state index is -0.337. The molecule has 1 aromatic carbocycles. The molecule has 122 valence electrons. The van der Waals surface area contributed by atoms with Crippen LogP contribution in [0.2, 0.25) is 5.02 Å². The molecule has 1 aromatic heterocycles. The van der Waals surface area contributed by atoms with Gasteiger partial charge in [-0.05, 0) is 66.0 Å². The Morgan fingerprint density at radius 1 is 1.39 bits per heavy atom. The largest absolute Gasteiger partial charge is 0.328 e. The van der Waals surface area contributed by atoms with Crippen LogP contribution in [0.1, 0.15) is 48.3 Å². The molecule has 1 saturated carbocycles. The lowest BCUT2D eigenvalue weighted by Gasteiger charge is -2.27. The molecule has 2 heterocycles.